The number of rotatable bonds is 14. The van der Waals surface area contributed by atoms with Gasteiger partial charge in [-0.25, -0.2) is 0 Å². The number of methoxy groups -OCH3 is 1. The number of amides is 2. The molecule has 11 heteroatoms. The second-order valence-electron chi connectivity index (χ2n) is 7.63. The Bertz CT molecular complexity index is 955. The van der Waals surface area contributed by atoms with Gasteiger partial charge in [0.15, 0.2) is 11.5 Å². The summed E-state index contributed by atoms with van der Waals surface area (Å²) in [6.45, 7) is 12.6. The molecule has 1 aromatic rings. The average molecular weight is 486 g/mol. The van der Waals surface area contributed by atoms with E-state index in [1.807, 2.05) is 0 Å². The molecule has 0 atom stereocenters. The van der Waals surface area contributed by atoms with Crippen LogP contribution in [0.4, 0.5) is 5.69 Å². The number of ether oxygens (including phenoxy) is 2. The largest absolute Gasteiger partial charge is 0.491 e. The van der Waals surface area contributed by atoms with Crippen molar-refractivity contribution >= 4 is 37.2 Å². The van der Waals surface area contributed by atoms with Crippen LogP contribution in [0.25, 0.3) is 0 Å². The molecule has 1 fully saturated rings. The number of hydrogen-bond acceptors (Lipinski definition) is 9. The quantitative estimate of drug-likeness (QED) is 0.234. The molecule has 0 unspecified atom stereocenters. The third kappa shape index (κ3) is 7.72. The Morgan fingerprint density at radius 1 is 1.29 bits per heavy atom. The molecule has 0 spiro atoms. The van der Waals surface area contributed by atoms with E-state index in [0.29, 0.717) is 24.7 Å². The van der Waals surface area contributed by atoms with Crippen LogP contribution in [-0.2, 0) is 4.79 Å². The molecule has 1 aromatic carbocycles. The van der Waals surface area contributed by atoms with E-state index in [2.05, 4.69) is 38.6 Å². The number of hydrogen-bond donors (Lipinski definition) is 2. The molecule has 1 heterocycles. The summed E-state index contributed by atoms with van der Waals surface area (Å²) >= 11 is 0. The van der Waals surface area contributed by atoms with Gasteiger partial charge in [0.05, 0.1) is 31.6 Å². The Balaban J connectivity index is 2.14. The molecule has 190 valence electrons. The maximum Gasteiger partial charge on any atom is 0.257 e. The second kappa shape index (κ2) is 14.6. The van der Waals surface area contributed by atoms with Crippen LogP contribution in [0.15, 0.2) is 38.9 Å². The van der Waals surface area contributed by atoms with Crippen molar-refractivity contribution in [1.29, 1.82) is 0 Å². The van der Waals surface area contributed by atoms with Crippen molar-refractivity contribution in [2.24, 2.45) is 20.7 Å². The van der Waals surface area contributed by atoms with Gasteiger partial charge in [-0.15, -0.1) is 0 Å². The number of nitrogens with one attached hydrogen (secondary N) is 1. The minimum atomic E-state index is -0.470. The highest BCUT2D eigenvalue weighted by atomic mass is 16.5. The van der Waals surface area contributed by atoms with Crippen molar-refractivity contribution in [3.8, 4) is 11.5 Å². The first-order chi connectivity index (χ1) is 17.0. The fourth-order valence-electron chi connectivity index (χ4n) is 3.65. The third-order valence-corrected chi connectivity index (χ3v) is 5.48. The smallest absolute Gasteiger partial charge is 0.257 e. The number of carbonyl (C=O) groups excluding carboxylic acids is 2. The van der Waals surface area contributed by atoms with Gasteiger partial charge in [0, 0.05) is 25.5 Å². The minimum absolute atomic E-state index is 0.0263. The number of nitrogens with two attached hydrogens (primary N) is 1. The molecule has 1 saturated heterocycles. The number of nitrogens with zero attached hydrogens (tertiary/aromatic N) is 5. The van der Waals surface area contributed by atoms with Crippen molar-refractivity contribution in [3.63, 3.8) is 0 Å². The molecule has 0 radical (unpaired) electrons. The van der Waals surface area contributed by atoms with Crippen molar-refractivity contribution in [2.45, 2.75) is 19.8 Å². The summed E-state index contributed by atoms with van der Waals surface area (Å²) in [7, 11) is 1.49. The number of carbonyl (C=O) groups is 2. The van der Waals surface area contributed by atoms with Crippen LogP contribution in [0.2, 0.25) is 0 Å². The topological polar surface area (TPSA) is 134 Å². The molecule has 2 amide bonds. The lowest BCUT2D eigenvalue weighted by Crippen LogP contribution is -2.41. The maximum absolute atomic E-state index is 13.3. The Hall–Kier alpha value is -3.57. The van der Waals surface area contributed by atoms with Gasteiger partial charge in [0.2, 0.25) is 0 Å². The molecule has 0 aliphatic carbocycles. The van der Waals surface area contributed by atoms with Crippen LogP contribution >= 0.6 is 0 Å². The van der Waals surface area contributed by atoms with Gasteiger partial charge in [-0.1, -0.05) is 0 Å². The molecule has 0 bridgehead atoms. The Morgan fingerprint density at radius 3 is 2.63 bits per heavy atom. The molecule has 1 aliphatic rings. The van der Waals surface area contributed by atoms with Gasteiger partial charge < -0.3 is 25.4 Å². The summed E-state index contributed by atoms with van der Waals surface area (Å²) in [5, 5.41) is 2.68. The van der Waals surface area contributed by atoms with E-state index in [1.165, 1.54) is 37.3 Å². The SMILES string of the molecule is C=N/C=C(\C=N/CN)C(=O)NCN(CC)C(=O)c1ccc(OCCN2CCCC2)c(OC)c1N=C. The van der Waals surface area contributed by atoms with Crippen molar-refractivity contribution in [2.75, 3.05) is 53.2 Å². The number of aliphatic imine (C=N–C) groups is 3. The predicted octanol–water partition coefficient (Wildman–Crippen LogP) is 1.61. The van der Waals surface area contributed by atoms with E-state index in [4.69, 9.17) is 15.2 Å². The molecule has 1 aliphatic heterocycles. The molecule has 0 saturated carbocycles. The summed E-state index contributed by atoms with van der Waals surface area (Å²) < 4.78 is 11.5. The second-order valence-corrected chi connectivity index (χ2v) is 7.63. The first-order valence-electron chi connectivity index (χ1n) is 11.5. The summed E-state index contributed by atoms with van der Waals surface area (Å²) in [5.74, 6) is 0.0166. The third-order valence-electron chi connectivity index (χ3n) is 5.48. The van der Waals surface area contributed by atoms with Gasteiger partial charge in [-0.05, 0) is 58.4 Å². The molecule has 3 N–H and O–H groups in total. The number of likely N-dealkylation sites (tertiary alicyclic amines) is 1. The minimum Gasteiger partial charge on any atom is -0.491 e. The van der Waals surface area contributed by atoms with Gasteiger partial charge in [0.25, 0.3) is 11.8 Å². The average Bonchev–Trinajstić information content (AvgIpc) is 3.39. The van der Waals surface area contributed by atoms with Crippen LogP contribution in [0.1, 0.15) is 30.1 Å². The highest BCUT2D eigenvalue weighted by Crippen LogP contribution is 2.40. The summed E-state index contributed by atoms with van der Waals surface area (Å²) in [5.41, 5.74) is 6.08. The predicted molar refractivity (Wildman–Crippen MR) is 138 cm³/mol. The zero-order chi connectivity index (χ0) is 25.6. The van der Waals surface area contributed by atoms with Crippen LogP contribution in [-0.4, -0.2) is 94.5 Å². The first-order valence-corrected chi connectivity index (χ1v) is 11.5. The van der Waals surface area contributed by atoms with Crippen LogP contribution < -0.4 is 20.5 Å². The van der Waals surface area contributed by atoms with Gasteiger partial charge in [0.1, 0.15) is 12.3 Å². The monoisotopic (exact) mass is 485 g/mol. The van der Waals surface area contributed by atoms with E-state index in [9.17, 15) is 9.59 Å². The van der Waals surface area contributed by atoms with Crippen molar-refractivity contribution in [1.82, 2.24) is 15.1 Å². The van der Waals surface area contributed by atoms with E-state index in [0.717, 1.165) is 19.6 Å². The van der Waals surface area contributed by atoms with Gasteiger partial charge in [-0.3, -0.25) is 29.5 Å². The normalized spacial score (nSPS) is 14.1. The Labute approximate surface area is 206 Å². The Morgan fingerprint density at radius 2 is 2.03 bits per heavy atom. The van der Waals surface area contributed by atoms with Crippen LogP contribution in [0.5, 0.6) is 11.5 Å². The lowest BCUT2D eigenvalue weighted by molar-refractivity contribution is -0.117. The summed E-state index contributed by atoms with van der Waals surface area (Å²) in [6, 6.07) is 3.32. The zero-order valence-corrected chi connectivity index (χ0v) is 20.5. The maximum atomic E-state index is 13.3. The van der Waals surface area contributed by atoms with Crippen molar-refractivity contribution in [3.05, 3.63) is 29.5 Å². The fourth-order valence-corrected chi connectivity index (χ4v) is 3.65. The number of benzene rings is 1. The van der Waals surface area contributed by atoms with Crippen LogP contribution in [0.3, 0.4) is 0 Å². The highest BCUT2D eigenvalue weighted by molar-refractivity contribution is 6.12. The van der Waals surface area contributed by atoms with E-state index in [1.54, 1.807) is 19.1 Å². The lowest BCUT2D eigenvalue weighted by atomic mass is 10.1. The summed E-state index contributed by atoms with van der Waals surface area (Å²) in [6.07, 6.45) is 4.99. The van der Waals surface area contributed by atoms with Crippen LogP contribution in [0, 0.1) is 0 Å². The summed E-state index contributed by atoms with van der Waals surface area (Å²) in [4.78, 5) is 41.1. The van der Waals surface area contributed by atoms with Crippen molar-refractivity contribution < 1.29 is 19.1 Å². The van der Waals surface area contributed by atoms with Gasteiger partial charge in [-0.2, -0.15) is 0 Å². The van der Waals surface area contributed by atoms with E-state index in [-0.39, 0.29) is 36.1 Å². The highest BCUT2D eigenvalue weighted by Gasteiger charge is 2.24. The molecule has 0 aromatic heterocycles. The Kier molecular flexibility index (Phi) is 11.6. The molecule has 2 rings (SSSR count). The molecular formula is C24H35N7O4. The fraction of sp³-hybridized carbons (Fsp3) is 0.458. The van der Waals surface area contributed by atoms with E-state index < -0.39 is 5.91 Å². The van der Waals surface area contributed by atoms with Gasteiger partial charge >= 0.3 is 0 Å². The van der Waals surface area contributed by atoms with E-state index >= 15 is 0 Å². The molecular weight excluding hydrogens is 450 g/mol. The zero-order valence-electron chi connectivity index (χ0n) is 20.5. The molecule has 11 nitrogen and oxygen atoms in total. The first kappa shape index (κ1) is 27.7. The standard InChI is InChI=1S/C24H35N7O4/c1-5-31(17-29-23(32)18(14-26-2)15-28-16-25)24(33)19-8-9-20(22(34-4)21(19)27-3)35-13-12-30-10-6-7-11-30/h8-9,14-15H,2-3,5-7,10-13,16-17,25H2,1,4H3,(H,29,32)/b18-14+,28-15-. The molecule has 35 heavy (non-hydrogen) atoms. The lowest BCUT2D eigenvalue weighted by Gasteiger charge is -2.23.